The Kier molecular flexibility index (Phi) is 3.60. The maximum absolute atomic E-state index is 6.30. The maximum atomic E-state index is 6.30. The van der Waals surface area contributed by atoms with Gasteiger partial charge in [-0.1, -0.05) is 40.0 Å². The topological polar surface area (TPSA) is 29.3 Å². The van der Waals surface area contributed by atoms with Gasteiger partial charge in [-0.05, 0) is 24.2 Å². The summed E-state index contributed by atoms with van der Waals surface area (Å²) in [5, 5.41) is 0. The van der Waals surface area contributed by atoms with Gasteiger partial charge < -0.3 is 5.73 Å². The second kappa shape index (κ2) is 4.66. The van der Waals surface area contributed by atoms with Crippen molar-refractivity contribution in [3.05, 3.63) is 0 Å². The minimum atomic E-state index is 0.434. The van der Waals surface area contributed by atoms with E-state index < -0.39 is 0 Å². The molecule has 2 unspecified atom stereocenters. The van der Waals surface area contributed by atoms with Gasteiger partial charge in [0.15, 0.2) is 0 Å². The predicted molar refractivity (Wildman–Crippen MR) is 69.4 cm³/mol. The standard InChI is InChI=1S/C14H28N2/c1-14(2,3)11-9-16(10-11)13-8-6-4-5-7-12(13)15/h11-13H,4-10,15H2,1-3H3. The zero-order valence-corrected chi connectivity index (χ0v) is 11.2. The van der Waals surface area contributed by atoms with Gasteiger partial charge in [-0.2, -0.15) is 0 Å². The minimum absolute atomic E-state index is 0.434. The highest BCUT2D eigenvalue weighted by Gasteiger charge is 2.40. The SMILES string of the molecule is CC(C)(C)C1CN(C2CCCCCC2N)C1. The van der Waals surface area contributed by atoms with Crippen molar-refractivity contribution in [2.75, 3.05) is 13.1 Å². The summed E-state index contributed by atoms with van der Waals surface area (Å²) < 4.78 is 0. The summed E-state index contributed by atoms with van der Waals surface area (Å²) in [5.74, 6) is 0.878. The first-order valence-electron chi connectivity index (χ1n) is 6.98. The van der Waals surface area contributed by atoms with Crippen LogP contribution in [-0.4, -0.2) is 30.1 Å². The Morgan fingerprint density at radius 2 is 1.62 bits per heavy atom. The van der Waals surface area contributed by atoms with Gasteiger partial charge in [0.1, 0.15) is 0 Å². The van der Waals surface area contributed by atoms with Crippen molar-refractivity contribution >= 4 is 0 Å². The number of rotatable bonds is 1. The molecular weight excluding hydrogens is 196 g/mol. The van der Waals surface area contributed by atoms with Gasteiger partial charge in [-0.25, -0.2) is 0 Å². The van der Waals surface area contributed by atoms with Crippen LogP contribution < -0.4 is 5.73 Å². The van der Waals surface area contributed by atoms with Crippen LogP contribution in [0, 0.1) is 11.3 Å². The molecule has 0 aromatic rings. The summed E-state index contributed by atoms with van der Waals surface area (Å²) in [4.78, 5) is 2.64. The molecule has 1 saturated carbocycles. The van der Waals surface area contributed by atoms with Crippen LogP contribution in [0.5, 0.6) is 0 Å². The summed E-state index contributed by atoms with van der Waals surface area (Å²) >= 11 is 0. The molecule has 0 bridgehead atoms. The molecule has 2 aliphatic rings. The Bertz CT molecular complexity index is 225. The van der Waals surface area contributed by atoms with Crippen LogP contribution in [0.25, 0.3) is 0 Å². The second-order valence-corrected chi connectivity index (χ2v) is 6.89. The zero-order chi connectivity index (χ0) is 11.8. The first-order chi connectivity index (χ1) is 7.48. The lowest BCUT2D eigenvalue weighted by Crippen LogP contribution is -2.60. The molecule has 94 valence electrons. The quantitative estimate of drug-likeness (QED) is 0.694. The Morgan fingerprint density at radius 1 is 1.00 bits per heavy atom. The van der Waals surface area contributed by atoms with E-state index in [1.165, 1.54) is 45.2 Å². The molecule has 2 heteroatoms. The van der Waals surface area contributed by atoms with Crippen molar-refractivity contribution in [1.29, 1.82) is 0 Å². The van der Waals surface area contributed by atoms with Gasteiger partial charge >= 0.3 is 0 Å². The number of likely N-dealkylation sites (tertiary alicyclic amines) is 1. The van der Waals surface area contributed by atoms with Crippen molar-refractivity contribution in [2.45, 2.75) is 65.0 Å². The van der Waals surface area contributed by atoms with Crippen molar-refractivity contribution < 1.29 is 0 Å². The van der Waals surface area contributed by atoms with Crippen molar-refractivity contribution in [3.63, 3.8) is 0 Å². The summed E-state index contributed by atoms with van der Waals surface area (Å²) in [5.41, 5.74) is 6.78. The lowest BCUT2D eigenvalue weighted by atomic mass is 9.75. The molecule has 2 N–H and O–H groups in total. The van der Waals surface area contributed by atoms with Gasteiger partial charge in [-0.3, -0.25) is 4.90 Å². The van der Waals surface area contributed by atoms with Gasteiger partial charge in [-0.15, -0.1) is 0 Å². The monoisotopic (exact) mass is 224 g/mol. The largest absolute Gasteiger partial charge is 0.326 e. The fourth-order valence-corrected chi connectivity index (χ4v) is 3.10. The third-order valence-corrected chi connectivity index (χ3v) is 4.64. The summed E-state index contributed by atoms with van der Waals surface area (Å²) in [7, 11) is 0. The van der Waals surface area contributed by atoms with Crippen LogP contribution in [-0.2, 0) is 0 Å². The highest BCUT2D eigenvalue weighted by Crippen LogP contribution is 2.36. The number of hydrogen-bond acceptors (Lipinski definition) is 2. The fraction of sp³-hybridized carbons (Fsp3) is 1.00. The van der Waals surface area contributed by atoms with Crippen LogP contribution in [0.4, 0.5) is 0 Å². The lowest BCUT2D eigenvalue weighted by Gasteiger charge is -2.51. The van der Waals surface area contributed by atoms with Crippen LogP contribution in [0.3, 0.4) is 0 Å². The van der Waals surface area contributed by atoms with Crippen LogP contribution in [0.15, 0.2) is 0 Å². The highest BCUT2D eigenvalue weighted by atomic mass is 15.2. The third kappa shape index (κ3) is 2.60. The average molecular weight is 224 g/mol. The summed E-state index contributed by atoms with van der Waals surface area (Å²) in [6, 6.07) is 1.12. The highest BCUT2D eigenvalue weighted by molar-refractivity contribution is 4.95. The molecule has 0 aromatic heterocycles. The lowest BCUT2D eigenvalue weighted by molar-refractivity contribution is -0.0164. The number of nitrogens with two attached hydrogens (primary N) is 1. The normalized spacial score (nSPS) is 34.5. The van der Waals surface area contributed by atoms with Gasteiger partial charge in [0, 0.05) is 25.2 Å². The summed E-state index contributed by atoms with van der Waals surface area (Å²) in [6.45, 7) is 9.65. The van der Waals surface area contributed by atoms with E-state index in [9.17, 15) is 0 Å². The van der Waals surface area contributed by atoms with Gasteiger partial charge in [0.2, 0.25) is 0 Å². The Labute approximate surface area is 101 Å². The minimum Gasteiger partial charge on any atom is -0.326 e. The molecule has 0 spiro atoms. The third-order valence-electron chi connectivity index (χ3n) is 4.64. The molecule has 1 saturated heterocycles. The molecule has 2 atom stereocenters. The Hall–Kier alpha value is -0.0800. The first-order valence-corrected chi connectivity index (χ1v) is 6.98. The van der Waals surface area contributed by atoms with E-state index >= 15 is 0 Å². The molecule has 0 radical (unpaired) electrons. The number of hydrogen-bond donors (Lipinski definition) is 1. The van der Waals surface area contributed by atoms with Crippen molar-refractivity contribution in [1.82, 2.24) is 4.90 Å². The second-order valence-electron chi connectivity index (χ2n) is 6.89. The van der Waals surface area contributed by atoms with Crippen LogP contribution >= 0.6 is 0 Å². The predicted octanol–water partition coefficient (Wildman–Crippen LogP) is 2.62. The Balaban J connectivity index is 1.86. The molecular formula is C14H28N2. The molecule has 0 amide bonds. The maximum Gasteiger partial charge on any atom is 0.0247 e. The van der Waals surface area contributed by atoms with E-state index in [1.807, 2.05) is 0 Å². The van der Waals surface area contributed by atoms with Gasteiger partial charge in [0.25, 0.3) is 0 Å². The van der Waals surface area contributed by atoms with E-state index in [1.54, 1.807) is 0 Å². The molecule has 16 heavy (non-hydrogen) atoms. The number of nitrogens with zero attached hydrogens (tertiary/aromatic N) is 1. The zero-order valence-electron chi connectivity index (χ0n) is 11.2. The fourth-order valence-electron chi connectivity index (χ4n) is 3.10. The van der Waals surface area contributed by atoms with E-state index in [4.69, 9.17) is 5.73 Å². The smallest absolute Gasteiger partial charge is 0.0247 e. The van der Waals surface area contributed by atoms with E-state index in [0.29, 0.717) is 17.5 Å². The van der Waals surface area contributed by atoms with E-state index in [2.05, 4.69) is 25.7 Å². The van der Waals surface area contributed by atoms with Crippen molar-refractivity contribution in [3.8, 4) is 0 Å². The average Bonchev–Trinajstić information content (AvgIpc) is 2.27. The molecule has 2 nitrogen and oxygen atoms in total. The molecule has 2 fully saturated rings. The van der Waals surface area contributed by atoms with E-state index in [-0.39, 0.29) is 0 Å². The first kappa shape index (κ1) is 12.4. The molecule has 1 aliphatic carbocycles. The van der Waals surface area contributed by atoms with Crippen LogP contribution in [0.1, 0.15) is 52.9 Å². The molecule has 0 aromatic carbocycles. The summed E-state index contributed by atoms with van der Waals surface area (Å²) in [6.07, 6.45) is 6.68. The van der Waals surface area contributed by atoms with Crippen LogP contribution in [0.2, 0.25) is 0 Å². The van der Waals surface area contributed by atoms with Crippen molar-refractivity contribution in [2.24, 2.45) is 17.1 Å². The van der Waals surface area contributed by atoms with E-state index in [0.717, 1.165) is 5.92 Å². The van der Waals surface area contributed by atoms with Gasteiger partial charge in [0.05, 0.1) is 0 Å². The molecule has 2 rings (SSSR count). The molecule has 1 heterocycles. The Morgan fingerprint density at radius 3 is 2.25 bits per heavy atom. The molecule has 1 aliphatic heterocycles.